The van der Waals surface area contributed by atoms with Gasteiger partial charge in [0.05, 0.1) is 17.2 Å². The first-order valence-corrected chi connectivity index (χ1v) is 9.88. The van der Waals surface area contributed by atoms with Crippen molar-refractivity contribution < 1.29 is 19.2 Å². The second-order valence-corrected chi connectivity index (χ2v) is 7.37. The number of nitrogens with zero attached hydrogens (tertiary/aromatic N) is 3. The number of amides is 4. The van der Waals surface area contributed by atoms with Crippen LogP contribution in [0.2, 0.25) is 0 Å². The van der Waals surface area contributed by atoms with Gasteiger partial charge in [-0.05, 0) is 37.3 Å². The zero-order valence-corrected chi connectivity index (χ0v) is 16.2. The number of piperidine rings is 1. The Labute approximate surface area is 169 Å². The van der Waals surface area contributed by atoms with Gasteiger partial charge in [-0.25, -0.2) is 0 Å². The summed E-state index contributed by atoms with van der Waals surface area (Å²) in [6, 6.07) is 8.57. The zero-order valence-electron chi connectivity index (χ0n) is 16.2. The van der Waals surface area contributed by atoms with E-state index in [9.17, 15) is 19.2 Å². The topological polar surface area (TPSA) is 111 Å². The summed E-state index contributed by atoms with van der Waals surface area (Å²) in [6.07, 6.45) is 2.20. The Morgan fingerprint density at radius 2 is 1.72 bits per heavy atom. The molecule has 1 fully saturated rings. The van der Waals surface area contributed by atoms with E-state index in [-0.39, 0.29) is 43.0 Å². The molecule has 8 heteroatoms. The maximum atomic E-state index is 12.4. The number of nitriles is 1. The van der Waals surface area contributed by atoms with Crippen LogP contribution in [0.1, 0.15) is 52.8 Å². The summed E-state index contributed by atoms with van der Waals surface area (Å²) in [4.78, 5) is 51.5. The molecule has 1 aromatic carbocycles. The van der Waals surface area contributed by atoms with Crippen molar-refractivity contribution in [3.8, 4) is 6.07 Å². The Bertz CT molecular complexity index is 817. The number of hydrogen-bond donors (Lipinski definition) is 1. The van der Waals surface area contributed by atoms with Crippen molar-refractivity contribution in [2.45, 2.75) is 32.1 Å². The van der Waals surface area contributed by atoms with Crippen LogP contribution < -0.4 is 5.32 Å². The first-order valence-electron chi connectivity index (χ1n) is 9.88. The smallest absolute Gasteiger partial charge is 0.261 e. The minimum Gasteiger partial charge on any atom is -0.355 e. The largest absolute Gasteiger partial charge is 0.355 e. The van der Waals surface area contributed by atoms with E-state index in [2.05, 4.69) is 5.32 Å². The zero-order chi connectivity index (χ0) is 20.8. The molecule has 0 unspecified atom stereocenters. The predicted molar refractivity (Wildman–Crippen MR) is 104 cm³/mol. The molecular weight excluding hydrogens is 372 g/mol. The minimum absolute atomic E-state index is 0.0218. The third-order valence-corrected chi connectivity index (χ3v) is 5.45. The van der Waals surface area contributed by atoms with Crippen LogP contribution in [0.15, 0.2) is 24.3 Å². The van der Waals surface area contributed by atoms with Gasteiger partial charge in [0.1, 0.15) is 6.42 Å². The van der Waals surface area contributed by atoms with Crippen molar-refractivity contribution in [2.75, 3.05) is 26.2 Å². The lowest BCUT2D eigenvalue weighted by molar-refractivity contribution is -0.133. The van der Waals surface area contributed by atoms with Crippen LogP contribution in [0, 0.1) is 17.2 Å². The molecule has 8 nitrogen and oxygen atoms in total. The molecule has 2 aliphatic rings. The van der Waals surface area contributed by atoms with Gasteiger partial charge in [-0.15, -0.1) is 0 Å². The number of rotatable bonds is 7. The third-order valence-electron chi connectivity index (χ3n) is 5.45. The van der Waals surface area contributed by atoms with Crippen LogP contribution in [0.25, 0.3) is 0 Å². The molecule has 1 saturated heterocycles. The van der Waals surface area contributed by atoms with Crippen molar-refractivity contribution in [3.63, 3.8) is 0 Å². The van der Waals surface area contributed by atoms with Gasteiger partial charge in [0.25, 0.3) is 11.8 Å². The maximum Gasteiger partial charge on any atom is 0.261 e. The second-order valence-electron chi connectivity index (χ2n) is 7.37. The molecule has 29 heavy (non-hydrogen) atoms. The highest BCUT2D eigenvalue weighted by atomic mass is 16.2. The van der Waals surface area contributed by atoms with Crippen LogP contribution in [-0.4, -0.2) is 59.6 Å². The molecule has 4 amide bonds. The molecule has 3 rings (SSSR count). The fourth-order valence-electron chi connectivity index (χ4n) is 3.77. The molecule has 1 N–H and O–H groups in total. The normalized spacial score (nSPS) is 16.5. The highest BCUT2D eigenvalue weighted by molar-refractivity contribution is 6.21. The average molecular weight is 396 g/mol. The summed E-state index contributed by atoms with van der Waals surface area (Å²) in [5.74, 6) is -0.526. The van der Waals surface area contributed by atoms with Crippen LogP contribution in [0.3, 0.4) is 0 Å². The number of imide groups is 1. The van der Waals surface area contributed by atoms with Crippen molar-refractivity contribution in [3.05, 3.63) is 35.4 Å². The van der Waals surface area contributed by atoms with Crippen LogP contribution in [0.4, 0.5) is 0 Å². The number of hydrogen-bond acceptors (Lipinski definition) is 5. The van der Waals surface area contributed by atoms with Crippen LogP contribution >= 0.6 is 0 Å². The SMILES string of the molecule is N#CCC(=O)NCC1CCN(C(=O)CCCN2C(=O)c3ccccc3C2=O)CC1. The summed E-state index contributed by atoms with van der Waals surface area (Å²) < 4.78 is 0. The summed E-state index contributed by atoms with van der Waals surface area (Å²) in [7, 11) is 0. The van der Waals surface area contributed by atoms with Crippen molar-refractivity contribution in [2.24, 2.45) is 5.92 Å². The van der Waals surface area contributed by atoms with Crippen molar-refractivity contribution >= 4 is 23.6 Å². The summed E-state index contributed by atoms with van der Waals surface area (Å²) in [5, 5.41) is 11.2. The fraction of sp³-hybridized carbons (Fsp3) is 0.476. The van der Waals surface area contributed by atoms with E-state index in [1.165, 1.54) is 4.90 Å². The number of nitrogens with one attached hydrogen (secondary N) is 1. The Hall–Kier alpha value is -3.21. The third kappa shape index (κ3) is 4.80. The molecule has 0 radical (unpaired) electrons. The molecule has 0 spiro atoms. The van der Waals surface area contributed by atoms with Gasteiger partial charge in [0, 0.05) is 32.6 Å². The number of carbonyl (C=O) groups is 4. The van der Waals surface area contributed by atoms with E-state index in [1.807, 2.05) is 6.07 Å². The highest BCUT2D eigenvalue weighted by Crippen LogP contribution is 2.23. The summed E-state index contributed by atoms with van der Waals surface area (Å²) >= 11 is 0. The monoisotopic (exact) mass is 396 g/mol. The standard InChI is InChI=1S/C21H24N4O4/c22-10-7-18(26)23-14-15-8-12-24(13-9-15)19(27)6-3-11-25-20(28)16-4-1-2-5-17(16)21(25)29/h1-2,4-5,15H,3,6-9,11-14H2,(H,23,26). The molecule has 2 aliphatic heterocycles. The second kappa shape index (κ2) is 9.32. The minimum atomic E-state index is -0.294. The Kier molecular flexibility index (Phi) is 6.60. The molecule has 152 valence electrons. The van der Waals surface area contributed by atoms with Crippen molar-refractivity contribution in [1.29, 1.82) is 5.26 Å². The average Bonchev–Trinajstić information content (AvgIpc) is 2.98. The van der Waals surface area contributed by atoms with Gasteiger partial charge in [-0.3, -0.25) is 24.1 Å². The van der Waals surface area contributed by atoms with Gasteiger partial charge < -0.3 is 10.2 Å². The lowest BCUT2D eigenvalue weighted by Gasteiger charge is -2.32. The van der Waals surface area contributed by atoms with E-state index in [0.29, 0.717) is 43.1 Å². The molecule has 1 aromatic rings. The highest BCUT2D eigenvalue weighted by Gasteiger charge is 2.34. The number of likely N-dealkylation sites (tertiary alicyclic amines) is 1. The Morgan fingerprint density at radius 3 is 2.31 bits per heavy atom. The Balaban J connectivity index is 1.38. The number of fused-ring (bicyclic) bond motifs is 1. The van der Waals surface area contributed by atoms with Gasteiger partial charge in [-0.2, -0.15) is 5.26 Å². The van der Waals surface area contributed by atoms with Gasteiger partial charge >= 0.3 is 0 Å². The van der Waals surface area contributed by atoms with Gasteiger partial charge in [-0.1, -0.05) is 12.1 Å². The number of benzene rings is 1. The van der Waals surface area contributed by atoms with Crippen molar-refractivity contribution in [1.82, 2.24) is 15.1 Å². The van der Waals surface area contributed by atoms with Crippen LogP contribution in [0.5, 0.6) is 0 Å². The van der Waals surface area contributed by atoms with Gasteiger partial charge in [0.2, 0.25) is 11.8 Å². The Morgan fingerprint density at radius 1 is 1.10 bits per heavy atom. The summed E-state index contributed by atoms with van der Waals surface area (Å²) in [6.45, 7) is 2.02. The first-order chi connectivity index (χ1) is 14.0. The predicted octanol–water partition coefficient (Wildman–Crippen LogP) is 1.33. The molecule has 2 heterocycles. The fourth-order valence-corrected chi connectivity index (χ4v) is 3.77. The van der Waals surface area contributed by atoms with E-state index < -0.39 is 0 Å². The molecular formula is C21H24N4O4. The summed E-state index contributed by atoms with van der Waals surface area (Å²) in [5.41, 5.74) is 0.848. The first kappa shape index (κ1) is 20.5. The molecule has 0 aromatic heterocycles. The van der Waals surface area contributed by atoms with Gasteiger partial charge in [0.15, 0.2) is 0 Å². The van der Waals surface area contributed by atoms with E-state index in [1.54, 1.807) is 29.2 Å². The number of carbonyl (C=O) groups excluding carboxylic acids is 4. The molecule has 0 bridgehead atoms. The molecule has 0 saturated carbocycles. The van der Waals surface area contributed by atoms with Crippen LogP contribution in [-0.2, 0) is 9.59 Å². The van der Waals surface area contributed by atoms with E-state index in [0.717, 1.165) is 12.8 Å². The molecule has 0 aliphatic carbocycles. The lowest BCUT2D eigenvalue weighted by atomic mass is 9.96. The van der Waals surface area contributed by atoms with E-state index >= 15 is 0 Å². The lowest BCUT2D eigenvalue weighted by Crippen LogP contribution is -2.41. The quantitative estimate of drug-likeness (QED) is 0.699. The van der Waals surface area contributed by atoms with E-state index in [4.69, 9.17) is 5.26 Å². The molecule has 0 atom stereocenters. The maximum absolute atomic E-state index is 12.4.